The fourth-order valence-electron chi connectivity index (χ4n) is 2.33. The Balaban J connectivity index is 2.28. The lowest BCUT2D eigenvalue weighted by Crippen LogP contribution is -2.40. The maximum Gasteiger partial charge on any atom is 0.332 e. The molecule has 26 heavy (non-hydrogen) atoms. The first kappa shape index (κ1) is 19.9. The highest BCUT2D eigenvalue weighted by molar-refractivity contribution is 7.89. The summed E-state index contributed by atoms with van der Waals surface area (Å²) >= 11 is 0. The Labute approximate surface area is 152 Å². The minimum absolute atomic E-state index is 0.0165. The number of nitriles is 1. The van der Waals surface area contributed by atoms with Crippen LogP contribution in [0.3, 0.4) is 0 Å². The van der Waals surface area contributed by atoms with Gasteiger partial charge in [0.2, 0.25) is 10.0 Å². The number of carbonyl (C=O) groups is 1. The van der Waals surface area contributed by atoms with Gasteiger partial charge in [0.05, 0.1) is 20.3 Å². The number of benzene rings is 1. The molecular weight excluding hydrogens is 360 g/mol. The van der Waals surface area contributed by atoms with Crippen LogP contribution in [0.5, 0.6) is 5.75 Å². The maximum atomic E-state index is 12.9. The first-order chi connectivity index (χ1) is 12.4. The van der Waals surface area contributed by atoms with Crippen molar-refractivity contribution >= 4 is 22.1 Å². The average molecular weight is 380 g/mol. The molecule has 0 aromatic heterocycles. The lowest BCUT2D eigenvalue weighted by atomic mass is 10.2. The van der Waals surface area contributed by atoms with Crippen molar-refractivity contribution in [2.45, 2.75) is 17.9 Å². The molecule has 1 aromatic carbocycles. The molecule has 9 heteroatoms. The van der Waals surface area contributed by atoms with E-state index in [1.54, 1.807) is 12.1 Å². The quantitative estimate of drug-likeness (QED) is 0.539. The molecule has 1 heterocycles. The van der Waals surface area contributed by atoms with E-state index in [4.69, 9.17) is 19.5 Å². The van der Waals surface area contributed by atoms with Gasteiger partial charge in [0, 0.05) is 19.2 Å². The third-order valence-corrected chi connectivity index (χ3v) is 5.58. The van der Waals surface area contributed by atoms with Gasteiger partial charge in [0.15, 0.2) is 6.10 Å². The van der Waals surface area contributed by atoms with Crippen LogP contribution in [0.1, 0.15) is 12.5 Å². The van der Waals surface area contributed by atoms with Crippen LogP contribution in [0, 0.1) is 11.3 Å². The largest absolute Gasteiger partial charge is 0.495 e. The van der Waals surface area contributed by atoms with Gasteiger partial charge in [0.25, 0.3) is 0 Å². The summed E-state index contributed by atoms with van der Waals surface area (Å²) < 4.78 is 42.3. The van der Waals surface area contributed by atoms with Gasteiger partial charge in [-0.1, -0.05) is 6.07 Å². The van der Waals surface area contributed by atoms with Crippen LogP contribution in [-0.4, -0.2) is 58.2 Å². The summed E-state index contributed by atoms with van der Waals surface area (Å²) in [5, 5.41) is 8.63. The summed E-state index contributed by atoms with van der Waals surface area (Å²) in [4.78, 5) is 11.6. The molecule has 0 saturated carbocycles. The fraction of sp³-hybridized carbons (Fsp3) is 0.412. The molecule has 8 nitrogen and oxygen atoms in total. The second kappa shape index (κ2) is 8.80. The Morgan fingerprint density at radius 2 is 2.08 bits per heavy atom. The smallest absolute Gasteiger partial charge is 0.332 e. The summed E-state index contributed by atoms with van der Waals surface area (Å²) in [6.45, 7) is 2.66. The normalized spacial score (nSPS) is 16.8. The van der Waals surface area contributed by atoms with E-state index < -0.39 is 22.1 Å². The zero-order chi connectivity index (χ0) is 19.2. The summed E-state index contributed by atoms with van der Waals surface area (Å²) in [6, 6.07) is 6.36. The number of hydrogen-bond acceptors (Lipinski definition) is 7. The molecule has 1 saturated heterocycles. The molecule has 0 aliphatic carbocycles. The van der Waals surface area contributed by atoms with Crippen LogP contribution in [-0.2, 0) is 24.3 Å². The molecule has 1 atom stereocenters. The van der Waals surface area contributed by atoms with Crippen LogP contribution >= 0.6 is 0 Å². The SMILES string of the molecule is COc1ccc(/C=C/C(=O)O[C@@H](C)C#N)cc1S(=O)(=O)N1CCOCC1. The Morgan fingerprint density at radius 3 is 2.69 bits per heavy atom. The predicted molar refractivity (Wildman–Crippen MR) is 92.8 cm³/mol. The second-order valence-corrected chi connectivity index (χ2v) is 7.37. The molecule has 0 amide bonds. The Bertz CT molecular complexity index is 822. The molecule has 1 aromatic rings. The van der Waals surface area contributed by atoms with Crippen molar-refractivity contribution in [1.29, 1.82) is 5.26 Å². The van der Waals surface area contributed by atoms with E-state index in [9.17, 15) is 13.2 Å². The van der Waals surface area contributed by atoms with Crippen LogP contribution in [0.2, 0.25) is 0 Å². The second-order valence-electron chi connectivity index (χ2n) is 5.47. The summed E-state index contributed by atoms with van der Waals surface area (Å²) in [7, 11) is -2.36. The zero-order valence-corrected chi connectivity index (χ0v) is 15.4. The molecule has 1 aliphatic rings. The van der Waals surface area contributed by atoms with Crippen molar-refractivity contribution in [3.8, 4) is 11.8 Å². The van der Waals surface area contributed by atoms with Crippen molar-refractivity contribution < 1.29 is 27.4 Å². The summed E-state index contributed by atoms with van der Waals surface area (Å²) in [5.41, 5.74) is 0.485. The van der Waals surface area contributed by atoms with Crippen molar-refractivity contribution in [3.05, 3.63) is 29.8 Å². The van der Waals surface area contributed by atoms with Crippen molar-refractivity contribution in [2.24, 2.45) is 0 Å². The molecule has 0 radical (unpaired) electrons. The van der Waals surface area contributed by atoms with Crippen LogP contribution < -0.4 is 4.74 Å². The first-order valence-electron chi connectivity index (χ1n) is 7.92. The molecule has 1 aliphatic heterocycles. The minimum Gasteiger partial charge on any atom is -0.495 e. The highest BCUT2D eigenvalue weighted by Crippen LogP contribution is 2.28. The number of rotatable bonds is 6. The van der Waals surface area contributed by atoms with Gasteiger partial charge in [-0.3, -0.25) is 0 Å². The number of esters is 1. The van der Waals surface area contributed by atoms with Crippen molar-refractivity contribution in [3.63, 3.8) is 0 Å². The Morgan fingerprint density at radius 1 is 1.38 bits per heavy atom. The van der Waals surface area contributed by atoms with Crippen molar-refractivity contribution in [1.82, 2.24) is 4.31 Å². The van der Waals surface area contributed by atoms with E-state index in [1.165, 1.54) is 36.5 Å². The van der Waals surface area contributed by atoms with Gasteiger partial charge in [-0.25, -0.2) is 13.2 Å². The number of nitrogens with zero attached hydrogens (tertiary/aromatic N) is 2. The van der Waals surface area contributed by atoms with Crippen LogP contribution in [0.25, 0.3) is 6.08 Å². The molecule has 0 spiro atoms. The van der Waals surface area contributed by atoms with Gasteiger partial charge >= 0.3 is 5.97 Å². The minimum atomic E-state index is -3.75. The van der Waals surface area contributed by atoms with Gasteiger partial charge in [0.1, 0.15) is 16.7 Å². The number of morpholine rings is 1. The molecule has 0 bridgehead atoms. The monoisotopic (exact) mass is 380 g/mol. The Hall–Kier alpha value is -2.41. The molecule has 0 N–H and O–H groups in total. The highest BCUT2D eigenvalue weighted by Gasteiger charge is 2.29. The topological polar surface area (TPSA) is 106 Å². The number of sulfonamides is 1. The van der Waals surface area contributed by atoms with E-state index in [0.29, 0.717) is 18.8 Å². The van der Waals surface area contributed by atoms with E-state index in [1.807, 2.05) is 0 Å². The summed E-state index contributed by atoms with van der Waals surface area (Å²) in [6.07, 6.45) is 1.70. The molecule has 140 valence electrons. The number of carbonyl (C=O) groups excluding carboxylic acids is 1. The lowest BCUT2D eigenvalue weighted by Gasteiger charge is -2.26. The highest BCUT2D eigenvalue weighted by atomic mass is 32.2. The molecule has 0 unspecified atom stereocenters. The fourth-order valence-corrected chi connectivity index (χ4v) is 3.93. The van der Waals surface area contributed by atoms with Crippen LogP contribution in [0.15, 0.2) is 29.2 Å². The van der Waals surface area contributed by atoms with Gasteiger partial charge in [-0.05, 0) is 30.7 Å². The lowest BCUT2D eigenvalue weighted by molar-refractivity contribution is -0.139. The average Bonchev–Trinajstić information content (AvgIpc) is 2.66. The number of methoxy groups -OCH3 is 1. The van der Waals surface area contributed by atoms with Crippen molar-refractivity contribution in [2.75, 3.05) is 33.4 Å². The van der Waals surface area contributed by atoms with E-state index in [-0.39, 0.29) is 23.7 Å². The first-order valence-corrected chi connectivity index (χ1v) is 9.36. The maximum absolute atomic E-state index is 12.9. The van der Waals surface area contributed by atoms with Crippen LogP contribution in [0.4, 0.5) is 0 Å². The predicted octanol–water partition coefficient (Wildman–Crippen LogP) is 1.18. The molecule has 2 rings (SSSR count). The molecular formula is C17H20N2O6S. The number of hydrogen-bond donors (Lipinski definition) is 0. The van der Waals surface area contributed by atoms with E-state index in [2.05, 4.69) is 0 Å². The Kier molecular flexibility index (Phi) is 6.74. The zero-order valence-electron chi connectivity index (χ0n) is 14.5. The van der Waals surface area contributed by atoms with Gasteiger partial charge in [-0.15, -0.1) is 0 Å². The van der Waals surface area contributed by atoms with Gasteiger partial charge < -0.3 is 14.2 Å². The number of ether oxygens (including phenoxy) is 3. The van der Waals surface area contributed by atoms with E-state index >= 15 is 0 Å². The van der Waals surface area contributed by atoms with E-state index in [0.717, 1.165) is 6.08 Å². The third-order valence-electron chi connectivity index (χ3n) is 3.66. The molecule has 1 fully saturated rings. The third kappa shape index (κ3) is 4.82. The van der Waals surface area contributed by atoms with Gasteiger partial charge in [-0.2, -0.15) is 9.57 Å². The standard InChI is InChI=1S/C17H20N2O6S/c1-13(12-18)25-17(20)6-4-14-3-5-15(23-2)16(11-14)26(21,22)19-7-9-24-10-8-19/h3-6,11,13H,7-10H2,1-2H3/b6-4+/t13-/m0/s1. The summed E-state index contributed by atoms with van der Waals surface area (Å²) in [5.74, 6) is -0.471.